The molecule has 0 spiro atoms. The fourth-order valence-electron chi connectivity index (χ4n) is 4.26. The van der Waals surface area contributed by atoms with Crippen molar-refractivity contribution in [3.63, 3.8) is 0 Å². The van der Waals surface area contributed by atoms with E-state index in [1.165, 1.54) is 0 Å². The first-order valence-electron chi connectivity index (χ1n) is 10.4. The Bertz CT molecular complexity index is 1330. The van der Waals surface area contributed by atoms with Crippen LogP contribution in [0.5, 0.6) is 0 Å². The number of carbonyl (C=O) groups is 1. The number of anilines is 1. The van der Waals surface area contributed by atoms with Gasteiger partial charge in [0.1, 0.15) is 0 Å². The first kappa shape index (κ1) is 20.5. The maximum absolute atomic E-state index is 13.4. The molecule has 1 saturated carbocycles. The lowest BCUT2D eigenvalue weighted by Gasteiger charge is -2.13. The minimum atomic E-state index is -3.07. The molecule has 1 aromatic carbocycles. The lowest BCUT2D eigenvalue weighted by Crippen LogP contribution is -2.16. The summed E-state index contributed by atoms with van der Waals surface area (Å²) >= 11 is 6.21. The van der Waals surface area contributed by atoms with Crippen LogP contribution in [0.2, 0.25) is 5.02 Å². The molecule has 2 aliphatic rings. The number of fused-ring (bicyclic) bond motifs is 1. The summed E-state index contributed by atoms with van der Waals surface area (Å²) in [6.07, 6.45) is 2.59. The number of halogens is 1. The molecule has 0 unspecified atom stereocenters. The van der Waals surface area contributed by atoms with E-state index < -0.39 is 9.84 Å². The molecule has 1 aliphatic heterocycles. The van der Waals surface area contributed by atoms with Crippen molar-refractivity contribution in [2.45, 2.75) is 45.1 Å². The second kappa shape index (κ2) is 7.31. The van der Waals surface area contributed by atoms with Crippen LogP contribution in [0.1, 0.15) is 58.5 Å². The van der Waals surface area contributed by atoms with E-state index in [2.05, 4.69) is 10.4 Å². The van der Waals surface area contributed by atoms with Gasteiger partial charge in [-0.05, 0) is 56.9 Å². The zero-order valence-corrected chi connectivity index (χ0v) is 18.9. The summed E-state index contributed by atoms with van der Waals surface area (Å²) in [5.41, 5.74) is 4.09. The average Bonchev–Trinajstić information content (AvgIpc) is 3.44. The van der Waals surface area contributed by atoms with Crippen LogP contribution in [0.4, 0.5) is 5.69 Å². The van der Waals surface area contributed by atoms with E-state index in [1.807, 2.05) is 26.0 Å². The van der Waals surface area contributed by atoms with Gasteiger partial charge in [0.2, 0.25) is 0 Å². The highest BCUT2D eigenvalue weighted by Crippen LogP contribution is 2.41. The van der Waals surface area contributed by atoms with Gasteiger partial charge >= 0.3 is 0 Å². The average molecular weight is 459 g/mol. The van der Waals surface area contributed by atoms with Crippen LogP contribution in [0.15, 0.2) is 24.3 Å². The fourth-order valence-corrected chi connectivity index (χ4v) is 6.12. The van der Waals surface area contributed by atoms with Crippen LogP contribution in [-0.2, 0) is 9.84 Å². The summed E-state index contributed by atoms with van der Waals surface area (Å²) in [7, 11) is -3.07. The number of aromatic nitrogens is 3. The number of hydrogen-bond donors (Lipinski definition) is 1. The largest absolute Gasteiger partial charge is 0.322 e. The summed E-state index contributed by atoms with van der Waals surface area (Å²) in [5, 5.41) is 8.87. The number of pyridine rings is 1. The van der Waals surface area contributed by atoms with E-state index >= 15 is 0 Å². The van der Waals surface area contributed by atoms with Gasteiger partial charge in [-0.15, -0.1) is 0 Å². The predicted molar refractivity (Wildman–Crippen MR) is 121 cm³/mol. The number of hydrogen-bond acceptors (Lipinski definition) is 5. The zero-order chi connectivity index (χ0) is 21.9. The molecule has 5 rings (SSSR count). The standard InChI is InChI=1S/C22H23ClN4O3S/c1-12-17(23)4-3-5-18(12)25-22(28)16-10-19(14-6-7-14)24-21-20(16)13(2)26-27(21)15-8-9-31(29,30)11-15/h3-5,10,14-15H,6-9,11H2,1-2H3,(H,25,28)/t15-/m1/s1. The number of carbonyl (C=O) groups excluding carboxylic acids is 1. The number of rotatable bonds is 4. The molecule has 3 heterocycles. The van der Waals surface area contributed by atoms with Crippen LogP contribution in [0, 0.1) is 13.8 Å². The molecular weight excluding hydrogens is 436 g/mol. The van der Waals surface area contributed by atoms with E-state index in [0.29, 0.717) is 45.3 Å². The van der Waals surface area contributed by atoms with Gasteiger partial charge in [-0.25, -0.2) is 18.1 Å². The summed E-state index contributed by atoms with van der Waals surface area (Å²) in [5.74, 6) is 0.296. The Kier molecular flexibility index (Phi) is 4.82. The van der Waals surface area contributed by atoms with Gasteiger partial charge in [-0.2, -0.15) is 5.10 Å². The molecule has 0 radical (unpaired) electrons. The number of aryl methyl sites for hydroxylation is 1. The number of nitrogens with one attached hydrogen (secondary N) is 1. The van der Waals surface area contributed by atoms with Crippen LogP contribution < -0.4 is 5.32 Å². The van der Waals surface area contributed by atoms with Gasteiger partial charge < -0.3 is 5.32 Å². The molecule has 9 heteroatoms. The van der Waals surface area contributed by atoms with E-state index in [4.69, 9.17) is 16.6 Å². The molecule has 1 aliphatic carbocycles. The van der Waals surface area contributed by atoms with Gasteiger partial charge in [-0.1, -0.05) is 17.7 Å². The minimum absolute atomic E-state index is 0.0573. The van der Waals surface area contributed by atoms with Crippen molar-refractivity contribution >= 4 is 44.1 Å². The first-order valence-corrected chi connectivity index (χ1v) is 12.6. The summed E-state index contributed by atoms with van der Waals surface area (Å²) in [6, 6.07) is 7.01. The zero-order valence-electron chi connectivity index (χ0n) is 17.4. The topological polar surface area (TPSA) is 93.9 Å². The third kappa shape index (κ3) is 3.72. The Labute approximate surface area is 185 Å². The second-order valence-electron chi connectivity index (χ2n) is 8.52. The maximum Gasteiger partial charge on any atom is 0.256 e. The number of benzene rings is 1. The van der Waals surface area contributed by atoms with E-state index in [9.17, 15) is 13.2 Å². The van der Waals surface area contributed by atoms with Crippen LogP contribution in [0.25, 0.3) is 11.0 Å². The lowest BCUT2D eigenvalue weighted by atomic mass is 10.1. The monoisotopic (exact) mass is 458 g/mol. The number of amides is 1. The first-order chi connectivity index (χ1) is 14.7. The van der Waals surface area contributed by atoms with E-state index in [0.717, 1.165) is 24.1 Å². The highest BCUT2D eigenvalue weighted by atomic mass is 35.5. The number of nitrogens with zero attached hydrogens (tertiary/aromatic N) is 3. The Balaban J connectivity index is 1.62. The van der Waals surface area contributed by atoms with Gasteiger partial charge in [0.15, 0.2) is 15.5 Å². The van der Waals surface area contributed by atoms with Gasteiger partial charge in [0.05, 0.1) is 34.2 Å². The lowest BCUT2D eigenvalue weighted by molar-refractivity contribution is 0.102. The molecule has 7 nitrogen and oxygen atoms in total. The molecule has 1 saturated heterocycles. The molecule has 1 atom stereocenters. The van der Waals surface area contributed by atoms with E-state index in [1.54, 1.807) is 16.8 Å². The van der Waals surface area contributed by atoms with Crippen molar-refractivity contribution in [2.24, 2.45) is 0 Å². The van der Waals surface area contributed by atoms with Crippen LogP contribution >= 0.6 is 11.6 Å². The van der Waals surface area contributed by atoms with Crippen molar-refractivity contribution in [3.8, 4) is 0 Å². The summed E-state index contributed by atoms with van der Waals surface area (Å²) < 4.78 is 25.8. The van der Waals surface area contributed by atoms with Crippen LogP contribution in [-0.4, -0.2) is 40.6 Å². The van der Waals surface area contributed by atoms with Gasteiger partial charge in [0, 0.05) is 22.3 Å². The van der Waals surface area contributed by atoms with Crippen molar-refractivity contribution in [1.29, 1.82) is 0 Å². The second-order valence-corrected chi connectivity index (χ2v) is 11.2. The Morgan fingerprint density at radius 3 is 2.68 bits per heavy atom. The maximum atomic E-state index is 13.4. The van der Waals surface area contributed by atoms with Crippen molar-refractivity contribution in [3.05, 3.63) is 51.8 Å². The normalized spacial score (nSPS) is 20.3. The van der Waals surface area contributed by atoms with Gasteiger partial charge in [-0.3, -0.25) is 4.79 Å². The molecule has 3 aromatic rings. The third-order valence-corrected chi connectivity index (χ3v) is 8.33. The molecule has 2 aromatic heterocycles. The highest BCUT2D eigenvalue weighted by Gasteiger charge is 2.34. The third-order valence-electron chi connectivity index (χ3n) is 6.17. The molecular formula is C22H23ClN4O3S. The summed E-state index contributed by atoms with van der Waals surface area (Å²) in [4.78, 5) is 18.2. The quantitative estimate of drug-likeness (QED) is 0.632. The molecule has 1 amide bonds. The minimum Gasteiger partial charge on any atom is -0.322 e. The smallest absolute Gasteiger partial charge is 0.256 e. The van der Waals surface area contributed by atoms with Crippen molar-refractivity contribution in [2.75, 3.05) is 16.8 Å². The van der Waals surface area contributed by atoms with Crippen LogP contribution in [0.3, 0.4) is 0 Å². The Hall–Kier alpha value is -2.45. The van der Waals surface area contributed by atoms with E-state index in [-0.39, 0.29) is 23.5 Å². The highest BCUT2D eigenvalue weighted by molar-refractivity contribution is 7.91. The predicted octanol–water partition coefficient (Wildman–Crippen LogP) is 4.19. The molecule has 0 bridgehead atoms. The molecule has 1 N–H and O–H groups in total. The van der Waals surface area contributed by atoms with Crippen molar-refractivity contribution in [1.82, 2.24) is 14.8 Å². The molecule has 31 heavy (non-hydrogen) atoms. The Morgan fingerprint density at radius 1 is 1.23 bits per heavy atom. The summed E-state index contributed by atoms with van der Waals surface area (Å²) in [6.45, 7) is 3.70. The van der Waals surface area contributed by atoms with Crippen molar-refractivity contribution < 1.29 is 13.2 Å². The number of sulfone groups is 1. The SMILES string of the molecule is Cc1c(Cl)cccc1NC(=O)c1cc(C2CC2)nc2c1c(C)nn2[C@@H]1CCS(=O)(=O)C1. The molecule has 162 valence electrons. The van der Waals surface area contributed by atoms with Gasteiger partial charge in [0.25, 0.3) is 5.91 Å². The fraction of sp³-hybridized carbons (Fsp3) is 0.409. The Morgan fingerprint density at radius 2 is 2.00 bits per heavy atom. The molecule has 2 fully saturated rings.